The zero-order valence-corrected chi connectivity index (χ0v) is 14.0. The van der Waals surface area contributed by atoms with E-state index in [1.165, 1.54) is 62.4 Å². The maximum absolute atomic E-state index is 3.84. The van der Waals surface area contributed by atoms with Crippen LogP contribution in [0.1, 0.15) is 63.6 Å². The number of aryl methyl sites for hydroxylation is 1. The molecule has 2 aliphatic rings. The van der Waals surface area contributed by atoms with Crippen molar-refractivity contribution in [2.75, 3.05) is 6.54 Å². The van der Waals surface area contributed by atoms with E-state index >= 15 is 0 Å². The third-order valence-electron chi connectivity index (χ3n) is 6.31. The largest absolute Gasteiger partial charge is 0.353 e. The second-order valence-corrected chi connectivity index (χ2v) is 7.61. The van der Waals surface area contributed by atoms with Gasteiger partial charge in [0.2, 0.25) is 0 Å². The van der Waals surface area contributed by atoms with Crippen LogP contribution in [0.5, 0.6) is 0 Å². The summed E-state index contributed by atoms with van der Waals surface area (Å²) in [6.07, 6.45) is 9.44. The number of aromatic amines is 1. The molecule has 22 heavy (non-hydrogen) atoms. The Kier molecular flexibility index (Phi) is 3.53. The number of fused-ring (bicyclic) bond motifs is 5. The second kappa shape index (κ2) is 5.42. The molecule has 2 aromatic rings. The van der Waals surface area contributed by atoms with E-state index in [9.17, 15) is 0 Å². The fourth-order valence-corrected chi connectivity index (χ4v) is 5.31. The van der Waals surface area contributed by atoms with Crippen molar-refractivity contribution in [3.63, 3.8) is 0 Å². The molecule has 2 heteroatoms. The smallest absolute Gasteiger partial charge is 0.136 e. The van der Waals surface area contributed by atoms with Crippen LogP contribution in [0.25, 0.3) is 10.9 Å². The summed E-state index contributed by atoms with van der Waals surface area (Å²) in [5.74, 6) is 0. The molecular weight excluding hydrogens is 268 g/mol. The topological polar surface area (TPSA) is 20.2 Å². The first-order chi connectivity index (χ1) is 10.7. The third kappa shape index (κ3) is 2.04. The van der Waals surface area contributed by atoms with Crippen molar-refractivity contribution < 1.29 is 4.90 Å². The number of piperidine rings is 1. The number of hydrogen-bond acceptors (Lipinski definition) is 0. The van der Waals surface area contributed by atoms with Crippen LogP contribution in [0.2, 0.25) is 0 Å². The molecule has 4 rings (SSSR count). The minimum atomic E-state index is 0.295. The zero-order valence-electron chi connectivity index (χ0n) is 14.0. The van der Waals surface area contributed by atoms with Gasteiger partial charge in [-0.15, -0.1) is 0 Å². The molecule has 1 saturated heterocycles. The highest BCUT2D eigenvalue weighted by Gasteiger charge is 2.47. The van der Waals surface area contributed by atoms with Gasteiger partial charge in [-0.1, -0.05) is 31.5 Å². The Morgan fingerprint density at radius 1 is 1.27 bits per heavy atom. The van der Waals surface area contributed by atoms with E-state index in [-0.39, 0.29) is 0 Å². The number of aromatic nitrogens is 1. The molecule has 1 aromatic carbocycles. The summed E-state index contributed by atoms with van der Waals surface area (Å²) < 4.78 is 0. The molecule has 0 saturated carbocycles. The summed E-state index contributed by atoms with van der Waals surface area (Å²) >= 11 is 0. The van der Waals surface area contributed by atoms with Gasteiger partial charge < -0.3 is 9.88 Å². The van der Waals surface area contributed by atoms with Crippen LogP contribution < -0.4 is 4.90 Å². The fourth-order valence-electron chi connectivity index (χ4n) is 5.31. The van der Waals surface area contributed by atoms with E-state index in [4.69, 9.17) is 0 Å². The maximum Gasteiger partial charge on any atom is 0.136 e. The van der Waals surface area contributed by atoms with Crippen molar-refractivity contribution in [3.05, 3.63) is 35.5 Å². The van der Waals surface area contributed by atoms with E-state index in [1.807, 2.05) is 4.90 Å². The van der Waals surface area contributed by atoms with Crippen molar-refractivity contribution in [1.29, 1.82) is 0 Å². The molecule has 3 atom stereocenters. The second-order valence-electron chi connectivity index (χ2n) is 7.61. The molecule has 1 aromatic heterocycles. The number of benzene rings is 1. The lowest BCUT2D eigenvalue weighted by atomic mass is 9.80. The Morgan fingerprint density at radius 3 is 3.00 bits per heavy atom. The SMILES string of the molecule is CCCC1CCCC2(C)c3[nH]c4ccccc4c3CCC[NH+]12. The Labute approximate surface area is 133 Å². The molecule has 2 nitrogen and oxygen atoms in total. The normalized spacial score (nSPS) is 31.5. The van der Waals surface area contributed by atoms with Gasteiger partial charge in [0, 0.05) is 23.7 Å². The Bertz CT molecular complexity index is 669. The highest BCUT2D eigenvalue weighted by molar-refractivity contribution is 5.85. The average Bonchev–Trinajstić information content (AvgIpc) is 2.83. The molecule has 0 radical (unpaired) electrons. The van der Waals surface area contributed by atoms with Crippen molar-refractivity contribution in [3.8, 4) is 0 Å². The van der Waals surface area contributed by atoms with Gasteiger partial charge in [0.15, 0.2) is 0 Å². The van der Waals surface area contributed by atoms with Gasteiger partial charge in [-0.3, -0.25) is 0 Å². The molecule has 0 spiro atoms. The van der Waals surface area contributed by atoms with Crippen LogP contribution in [0.15, 0.2) is 24.3 Å². The van der Waals surface area contributed by atoms with Crippen molar-refractivity contribution >= 4 is 10.9 Å². The first kappa shape index (κ1) is 14.3. The van der Waals surface area contributed by atoms with E-state index < -0.39 is 0 Å². The number of quaternary nitrogens is 1. The molecule has 0 bridgehead atoms. The van der Waals surface area contributed by atoms with Gasteiger partial charge in [0.1, 0.15) is 5.54 Å². The van der Waals surface area contributed by atoms with Gasteiger partial charge in [-0.05, 0) is 44.2 Å². The van der Waals surface area contributed by atoms with E-state index in [1.54, 1.807) is 11.3 Å². The molecule has 2 aliphatic heterocycles. The van der Waals surface area contributed by atoms with Gasteiger partial charge in [-0.2, -0.15) is 0 Å². The third-order valence-corrected chi connectivity index (χ3v) is 6.31. The molecular formula is C20H29N2+. The predicted molar refractivity (Wildman–Crippen MR) is 92.3 cm³/mol. The Hall–Kier alpha value is -1.28. The van der Waals surface area contributed by atoms with Crippen LogP contribution in [-0.4, -0.2) is 17.6 Å². The quantitative estimate of drug-likeness (QED) is 0.845. The number of rotatable bonds is 2. The average molecular weight is 297 g/mol. The molecule has 0 amide bonds. The van der Waals surface area contributed by atoms with Gasteiger partial charge >= 0.3 is 0 Å². The predicted octanol–water partition coefficient (Wildman–Crippen LogP) is 3.57. The summed E-state index contributed by atoms with van der Waals surface area (Å²) in [5, 5.41) is 1.47. The van der Waals surface area contributed by atoms with Crippen molar-refractivity contribution in [2.45, 2.75) is 70.4 Å². The number of H-pyrrole nitrogens is 1. The van der Waals surface area contributed by atoms with E-state index in [2.05, 4.69) is 43.1 Å². The molecule has 2 N–H and O–H groups in total. The minimum absolute atomic E-state index is 0.295. The lowest BCUT2D eigenvalue weighted by Gasteiger charge is -2.45. The summed E-state index contributed by atoms with van der Waals surface area (Å²) in [6.45, 7) is 6.22. The lowest BCUT2D eigenvalue weighted by molar-refractivity contribution is -0.988. The maximum atomic E-state index is 3.84. The van der Waals surface area contributed by atoms with Crippen LogP contribution in [0, 0.1) is 0 Å². The van der Waals surface area contributed by atoms with Crippen molar-refractivity contribution in [2.24, 2.45) is 0 Å². The van der Waals surface area contributed by atoms with Crippen LogP contribution >= 0.6 is 0 Å². The molecule has 0 aliphatic carbocycles. The number of para-hydroxylation sites is 1. The number of nitrogens with one attached hydrogen (secondary N) is 2. The molecule has 3 heterocycles. The molecule has 3 unspecified atom stereocenters. The van der Waals surface area contributed by atoms with Gasteiger partial charge in [0.25, 0.3) is 0 Å². The zero-order chi connectivity index (χ0) is 15.2. The number of hydrogen-bond donors (Lipinski definition) is 2. The first-order valence-corrected chi connectivity index (χ1v) is 9.20. The Morgan fingerprint density at radius 2 is 2.14 bits per heavy atom. The summed E-state index contributed by atoms with van der Waals surface area (Å²) in [6, 6.07) is 9.77. The Balaban J connectivity index is 1.85. The summed E-state index contributed by atoms with van der Waals surface area (Å²) in [4.78, 5) is 5.70. The van der Waals surface area contributed by atoms with Crippen LogP contribution in [0.4, 0.5) is 0 Å². The fraction of sp³-hybridized carbons (Fsp3) is 0.600. The summed E-state index contributed by atoms with van der Waals surface area (Å²) in [5.41, 5.74) is 4.81. The highest BCUT2D eigenvalue weighted by Crippen LogP contribution is 2.36. The van der Waals surface area contributed by atoms with E-state index in [0.717, 1.165) is 6.04 Å². The minimum Gasteiger partial charge on any atom is -0.353 e. The van der Waals surface area contributed by atoms with E-state index in [0.29, 0.717) is 5.54 Å². The van der Waals surface area contributed by atoms with Crippen molar-refractivity contribution in [1.82, 2.24) is 4.98 Å². The first-order valence-electron chi connectivity index (χ1n) is 9.20. The summed E-state index contributed by atoms with van der Waals surface area (Å²) in [7, 11) is 0. The molecule has 1 fully saturated rings. The highest BCUT2D eigenvalue weighted by atomic mass is 15.2. The monoisotopic (exact) mass is 297 g/mol. The molecule has 118 valence electrons. The lowest BCUT2D eigenvalue weighted by Crippen LogP contribution is -3.22. The standard InChI is InChI=1S/C20H28N2/c1-3-8-15-9-6-13-20(2)19-17(11-7-14-22(15)20)16-10-4-5-12-18(16)21-19/h4-5,10,12,15,21H,3,6-9,11,13-14H2,1-2H3/p+1. The van der Waals surface area contributed by atoms with Crippen LogP contribution in [-0.2, 0) is 12.0 Å². The van der Waals surface area contributed by atoms with Crippen LogP contribution in [0.3, 0.4) is 0 Å². The van der Waals surface area contributed by atoms with Gasteiger partial charge in [0.05, 0.1) is 18.3 Å². The van der Waals surface area contributed by atoms with Gasteiger partial charge in [-0.25, -0.2) is 0 Å².